The van der Waals surface area contributed by atoms with Crippen LogP contribution < -0.4 is 5.73 Å². The second-order valence-electron chi connectivity index (χ2n) is 4.37. The molecule has 1 fully saturated rings. The first-order valence-electron chi connectivity index (χ1n) is 6.03. The first-order chi connectivity index (χ1) is 8.29. The highest BCUT2D eigenvalue weighted by atomic mass is 16.2. The molecular weight excluding hydrogens is 214 g/mol. The van der Waals surface area contributed by atoms with Crippen LogP contribution in [-0.4, -0.2) is 48.4 Å². The first kappa shape index (κ1) is 12.1. The van der Waals surface area contributed by atoms with E-state index in [1.165, 1.54) is 5.56 Å². The third-order valence-electron chi connectivity index (χ3n) is 3.06. The Labute approximate surface area is 102 Å². The molecule has 1 aliphatic heterocycles. The van der Waals surface area contributed by atoms with Crippen LogP contribution in [0, 0.1) is 0 Å². The van der Waals surface area contributed by atoms with Crippen molar-refractivity contribution in [1.29, 1.82) is 0 Å². The van der Waals surface area contributed by atoms with Crippen molar-refractivity contribution in [3.8, 4) is 0 Å². The average Bonchev–Trinajstić information content (AvgIpc) is 2.34. The van der Waals surface area contributed by atoms with E-state index in [9.17, 15) is 4.79 Å². The summed E-state index contributed by atoms with van der Waals surface area (Å²) in [5.74, 6) is 0.202. The van der Waals surface area contributed by atoms with Gasteiger partial charge in [0.15, 0.2) is 0 Å². The molecule has 1 amide bonds. The zero-order valence-corrected chi connectivity index (χ0v) is 10.0. The normalized spacial score (nSPS) is 17.5. The summed E-state index contributed by atoms with van der Waals surface area (Å²) < 4.78 is 0. The van der Waals surface area contributed by atoms with Gasteiger partial charge in [-0.1, -0.05) is 30.3 Å². The van der Waals surface area contributed by atoms with Crippen molar-refractivity contribution >= 4 is 5.91 Å². The number of nitrogens with zero attached hydrogens (tertiary/aromatic N) is 2. The summed E-state index contributed by atoms with van der Waals surface area (Å²) in [6.45, 7) is 4.38. The smallest absolute Gasteiger partial charge is 0.237 e. The van der Waals surface area contributed by atoms with Crippen LogP contribution in [0.5, 0.6) is 0 Å². The number of piperazine rings is 1. The fourth-order valence-electron chi connectivity index (χ4n) is 2.10. The Bertz CT molecular complexity index is 366. The molecule has 92 valence electrons. The van der Waals surface area contributed by atoms with E-state index in [2.05, 4.69) is 17.0 Å². The summed E-state index contributed by atoms with van der Waals surface area (Å²) in [5.41, 5.74) is 6.68. The van der Waals surface area contributed by atoms with Crippen molar-refractivity contribution in [2.75, 3.05) is 32.7 Å². The quantitative estimate of drug-likeness (QED) is 0.813. The molecule has 0 aliphatic carbocycles. The Balaban J connectivity index is 1.90. The lowest BCUT2D eigenvalue weighted by molar-refractivity contribution is -0.136. The van der Waals surface area contributed by atoms with E-state index in [4.69, 9.17) is 5.73 Å². The van der Waals surface area contributed by atoms with Gasteiger partial charge in [0.25, 0.3) is 0 Å². The number of amides is 1. The number of carbonyl (C=O) groups is 1. The van der Waals surface area contributed by atoms with Crippen molar-refractivity contribution in [1.82, 2.24) is 9.80 Å². The molecule has 1 aliphatic rings. The van der Waals surface area contributed by atoms with Crippen LogP contribution in [0.2, 0.25) is 0 Å². The van der Waals surface area contributed by atoms with Gasteiger partial charge in [-0.3, -0.25) is 9.69 Å². The molecule has 0 radical (unpaired) electrons. The Hall–Kier alpha value is -1.39. The summed E-state index contributed by atoms with van der Waals surface area (Å²) in [6, 6.07) is 10.1. The molecule has 0 atom stereocenters. The molecule has 4 heteroatoms. The van der Waals surface area contributed by atoms with Gasteiger partial charge in [0.2, 0.25) is 5.91 Å². The molecule has 17 heavy (non-hydrogen) atoms. The minimum Gasteiger partial charge on any atom is -0.336 e. The van der Waals surface area contributed by atoms with Crippen molar-refractivity contribution in [2.45, 2.75) is 6.54 Å². The number of rotatable bonds is 4. The summed E-state index contributed by atoms with van der Waals surface area (Å²) in [5, 5.41) is 0. The average molecular weight is 233 g/mol. The van der Waals surface area contributed by atoms with Gasteiger partial charge in [0.05, 0.1) is 6.54 Å². The number of carbonyl (C=O) groups excluding carboxylic acids is 1. The fourth-order valence-corrected chi connectivity index (χ4v) is 2.10. The number of hydrogen-bond acceptors (Lipinski definition) is 3. The summed E-state index contributed by atoms with van der Waals surface area (Å²) >= 11 is 0. The number of hydrogen-bond donors (Lipinski definition) is 1. The Kier molecular flexibility index (Phi) is 4.12. The van der Waals surface area contributed by atoms with E-state index in [1.54, 1.807) is 0 Å². The lowest BCUT2D eigenvalue weighted by Crippen LogP contribution is -2.50. The highest BCUT2D eigenvalue weighted by molar-refractivity contribution is 5.79. The summed E-state index contributed by atoms with van der Waals surface area (Å²) in [4.78, 5) is 16.0. The number of nitrogens with two attached hydrogens (primary N) is 1. The van der Waals surface area contributed by atoms with Gasteiger partial charge in [-0.2, -0.15) is 0 Å². The second kappa shape index (κ2) is 5.80. The Morgan fingerprint density at radius 1 is 1.18 bits per heavy atom. The molecule has 0 spiro atoms. The molecule has 4 nitrogen and oxygen atoms in total. The van der Waals surface area contributed by atoms with E-state index in [1.807, 2.05) is 23.1 Å². The van der Waals surface area contributed by atoms with Crippen LogP contribution in [0.4, 0.5) is 0 Å². The summed E-state index contributed by atoms with van der Waals surface area (Å²) in [6.07, 6.45) is 0. The predicted octanol–water partition coefficient (Wildman–Crippen LogP) is 0.290. The third-order valence-corrected chi connectivity index (χ3v) is 3.06. The summed E-state index contributed by atoms with van der Waals surface area (Å²) in [7, 11) is 0. The molecule has 1 heterocycles. The highest BCUT2D eigenvalue weighted by Gasteiger charge is 2.22. The molecule has 2 rings (SSSR count). The van der Waals surface area contributed by atoms with E-state index < -0.39 is 0 Å². The van der Waals surface area contributed by atoms with Crippen LogP contribution in [0.25, 0.3) is 0 Å². The molecule has 1 aromatic carbocycles. The fraction of sp³-hybridized carbons (Fsp3) is 0.462. The van der Waals surface area contributed by atoms with E-state index in [0.29, 0.717) is 13.1 Å². The van der Waals surface area contributed by atoms with Gasteiger partial charge in [-0.25, -0.2) is 0 Å². The highest BCUT2D eigenvalue weighted by Crippen LogP contribution is 2.09. The Morgan fingerprint density at radius 2 is 1.94 bits per heavy atom. The van der Waals surface area contributed by atoms with Gasteiger partial charge in [-0.15, -0.1) is 0 Å². The standard InChI is InChI=1S/C13H19N3O/c14-6-7-15-8-9-16(13(17)11-15)10-12-4-2-1-3-5-12/h1-5H,6-11,14H2. The lowest BCUT2D eigenvalue weighted by Gasteiger charge is -2.34. The second-order valence-corrected chi connectivity index (χ2v) is 4.37. The van der Waals surface area contributed by atoms with E-state index in [-0.39, 0.29) is 5.91 Å². The minimum absolute atomic E-state index is 0.202. The van der Waals surface area contributed by atoms with Crippen molar-refractivity contribution in [2.24, 2.45) is 5.73 Å². The van der Waals surface area contributed by atoms with E-state index >= 15 is 0 Å². The van der Waals surface area contributed by atoms with Crippen molar-refractivity contribution in [3.05, 3.63) is 35.9 Å². The maximum Gasteiger partial charge on any atom is 0.237 e. The van der Waals surface area contributed by atoms with Gasteiger partial charge < -0.3 is 10.6 Å². The first-order valence-corrected chi connectivity index (χ1v) is 6.03. The zero-order valence-electron chi connectivity index (χ0n) is 10.0. The minimum atomic E-state index is 0.202. The molecule has 0 saturated carbocycles. The molecule has 0 bridgehead atoms. The van der Waals surface area contributed by atoms with Gasteiger partial charge in [-0.05, 0) is 5.56 Å². The zero-order chi connectivity index (χ0) is 12.1. The van der Waals surface area contributed by atoms with Crippen LogP contribution in [0.3, 0.4) is 0 Å². The third kappa shape index (κ3) is 3.28. The van der Waals surface area contributed by atoms with Gasteiger partial charge in [0, 0.05) is 32.7 Å². The maximum atomic E-state index is 11.9. The topological polar surface area (TPSA) is 49.6 Å². The monoisotopic (exact) mass is 233 g/mol. The maximum absolute atomic E-state index is 11.9. The van der Waals surface area contributed by atoms with Crippen molar-refractivity contribution < 1.29 is 4.79 Å². The van der Waals surface area contributed by atoms with Crippen molar-refractivity contribution in [3.63, 3.8) is 0 Å². The molecule has 2 N–H and O–H groups in total. The van der Waals surface area contributed by atoms with E-state index in [0.717, 1.165) is 26.2 Å². The van der Waals surface area contributed by atoms with Crippen LogP contribution >= 0.6 is 0 Å². The number of benzene rings is 1. The molecule has 1 aromatic rings. The lowest BCUT2D eigenvalue weighted by atomic mass is 10.2. The molecule has 0 unspecified atom stereocenters. The molecular formula is C13H19N3O. The van der Waals surface area contributed by atoms with Crippen LogP contribution in [0.1, 0.15) is 5.56 Å². The Morgan fingerprint density at radius 3 is 2.59 bits per heavy atom. The largest absolute Gasteiger partial charge is 0.336 e. The SMILES string of the molecule is NCCN1CCN(Cc2ccccc2)C(=O)C1. The van der Waals surface area contributed by atoms with Gasteiger partial charge >= 0.3 is 0 Å². The van der Waals surface area contributed by atoms with Crippen LogP contribution in [0.15, 0.2) is 30.3 Å². The molecule has 1 saturated heterocycles. The van der Waals surface area contributed by atoms with Gasteiger partial charge in [0.1, 0.15) is 0 Å². The van der Waals surface area contributed by atoms with Crippen LogP contribution in [-0.2, 0) is 11.3 Å². The molecule has 0 aromatic heterocycles. The predicted molar refractivity (Wildman–Crippen MR) is 67.4 cm³/mol.